The molecule has 5 aliphatic carbocycles. The Labute approximate surface area is 329 Å². The van der Waals surface area contributed by atoms with Gasteiger partial charge in [-0.15, -0.1) is 0 Å². The van der Waals surface area contributed by atoms with Crippen LogP contribution in [0, 0.1) is 27.6 Å². The molecule has 8 rings (SSSR count). The summed E-state index contributed by atoms with van der Waals surface area (Å²) in [5.74, 6) is 1.37. The number of rotatable bonds is 6. The molecule has 0 amide bonds. The molecule has 0 aromatic heterocycles. The Hall–Kier alpha value is -2.89. The molecule has 5 aliphatic rings. The molecular formula is C53H66Zr. The Bertz CT molecular complexity index is 2210. The molecule has 54 heavy (non-hydrogen) atoms. The molecule has 0 aliphatic heterocycles. The Kier molecular flexibility index (Phi) is 8.49. The quantitative estimate of drug-likeness (QED) is 0.233. The summed E-state index contributed by atoms with van der Waals surface area (Å²) >= 11 is -5.22. The first-order chi connectivity index (χ1) is 25.3. The monoisotopic (exact) mass is 792 g/mol. The molecule has 0 radical (unpaired) electrons. The Morgan fingerprint density at radius 1 is 0.685 bits per heavy atom. The second kappa shape index (κ2) is 12.1. The predicted octanol–water partition coefficient (Wildman–Crippen LogP) is 13.4. The minimum absolute atomic E-state index is 0.0219. The first-order valence-electron chi connectivity index (χ1n) is 21.2. The van der Waals surface area contributed by atoms with Gasteiger partial charge in [-0.3, -0.25) is 0 Å². The van der Waals surface area contributed by atoms with Crippen LogP contribution >= 0.6 is 0 Å². The van der Waals surface area contributed by atoms with E-state index in [1.165, 1.54) is 35.2 Å². The summed E-state index contributed by atoms with van der Waals surface area (Å²) in [6.07, 6.45) is 16.7. The van der Waals surface area contributed by atoms with E-state index in [0.29, 0.717) is 17.8 Å². The van der Waals surface area contributed by atoms with Gasteiger partial charge in [-0.05, 0) is 0 Å². The van der Waals surface area contributed by atoms with Crippen molar-refractivity contribution in [2.45, 2.75) is 124 Å². The summed E-state index contributed by atoms with van der Waals surface area (Å²) in [6, 6.07) is 29.6. The van der Waals surface area contributed by atoms with Crippen LogP contribution in [0.1, 0.15) is 136 Å². The molecule has 0 saturated heterocycles. The van der Waals surface area contributed by atoms with Gasteiger partial charge in [0.2, 0.25) is 0 Å². The van der Waals surface area contributed by atoms with E-state index in [-0.39, 0.29) is 24.8 Å². The third kappa shape index (κ3) is 4.22. The molecule has 1 saturated carbocycles. The van der Waals surface area contributed by atoms with Gasteiger partial charge in [0, 0.05) is 0 Å². The molecule has 3 unspecified atom stereocenters. The van der Waals surface area contributed by atoms with Crippen molar-refractivity contribution in [2.24, 2.45) is 27.6 Å². The van der Waals surface area contributed by atoms with E-state index >= 15 is 0 Å². The van der Waals surface area contributed by atoms with Crippen LogP contribution in [0.3, 0.4) is 0 Å². The Balaban J connectivity index is 1.65. The second-order valence-electron chi connectivity index (χ2n) is 20.6. The van der Waals surface area contributed by atoms with Crippen LogP contribution in [-0.4, -0.2) is 4.21 Å². The number of hydrogen-bond donors (Lipinski definition) is 0. The summed E-state index contributed by atoms with van der Waals surface area (Å²) in [4.78, 5) is 0. The van der Waals surface area contributed by atoms with Gasteiger partial charge in [0.1, 0.15) is 0 Å². The summed E-state index contributed by atoms with van der Waals surface area (Å²) in [5.41, 5.74) is 12.0. The third-order valence-electron chi connectivity index (χ3n) is 18.2. The normalized spacial score (nSPS) is 27.9. The zero-order chi connectivity index (χ0) is 38.9. The molecule has 282 valence electrons. The molecule has 3 aromatic rings. The summed E-state index contributed by atoms with van der Waals surface area (Å²) in [6.45, 7) is 30.9. The van der Waals surface area contributed by atoms with E-state index in [0.717, 1.165) is 19.3 Å². The topological polar surface area (TPSA) is 0 Å². The first-order valence-corrected chi connectivity index (χ1v) is 27.8. The maximum absolute atomic E-state index is 6.20. The Morgan fingerprint density at radius 3 is 1.80 bits per heavy atom. The van der Waals surface area contributed by atoms with Gasteiger partial charge in [0.15, 0.2) is 0 Å². The predicted molar refractivity (Wildman–Crippen MR) is 233 cm³/mol. The van der Waals surface area contributed by atoms with Crippen molar-refractivity contribution in [2.75, 3.05) is 0 Å². The SMILES string of the molecule is [CH2]=[Zr]([C]1=CC=CC1)([c]1ccc(C(C)C)cc1)([c]1ccc(C(C)C)cc1)[C]1(C)C2=C3Cc4ccccc4C3=C3C=CCCC3C2(C)C(C)(C)C(C)(C)C1(C)C. The third-order valence-corrected chi connectivity index (χ3v) is 38.1. The number of fused-ring (bicyclic) bond motifs is 6. The van der Waals surface area contributed by atoms with Crippen molar-refractivity contribution in [3.05, 3.63) is 145 Å². The van der Waals surface area contributed by atoms with Gasteiger partial charge in [-0.2, -0.15) is 0 Å². The fourth-order valence-corrected chi connectivity index (χ4v) is 34.2. The van der Waals surface area contributed by atoms with Crippen LogP contribution in [0.25, 0.3) is 5.57 Å². The average Bonchev–Trinajstić information content (AvgIpc) is 3.83. The number of benzene rings is 3. The molecule has 1 fully saturated rings. The standard InChI is InChI=1S/C29H37.2C9H11.C5H5.CH2.Zr/c1-18-25-22-17-19-13-9-10-14-20(19)24(22)21-15-11-12-16-23(21)29(25,8)28(6,7)27(4,5)26(18,2)3;2*1-8(2)9-6-4-3-5-7-9;1-2-4-5-3-1;;/h9-11,13-15,23H,12,16-17H2,1-8H3;2*4-8H,1-2H3;1-3H,4H2;1H2;. The van der Waals surface area contributed by atoms with Crippen molar-refractivity contribution in [3.8, 4) is 0 Å². The Morgan fingerprint density at radius 2 is 1.26 bits per heavy atom. The van der Waals surface area contributed by atoms with Crippen LogP contribution in [-0.2, 0) is 24.7 Å². The van der Waals surface area contributed by atoms with Crippen molar-refractivity contribution in [1.82, 2.24) is 0 Å². The van der Waals surface area contributed by atoms with Crippen LogP contribution in [0.15, 0.2) is 123 Å². The van der Waals surface area contributed by atoms with Gasteiger partial charge >= 0.3 is 331 Å². The number of hydrogen-bond acceptors (Lipinski definition) is 0. The van der Waals surface area contributed by atoms with Crippen LogP contribution in [0.4, 0.5) is 0 Å². The van der Waals surface area contributed by atoms with Crippen molar-refractivity contribution in [1.29, 1.82) is 0 Å². The molecule has 1 heteroatoms. The fourth-order valence-electron chi connectivity index (χ4n) is 13.7. The molecule has 3 atom stereocenters. The fraction of sp³-hybridized carbons (Fsp3) is 0.453. The van der Waals surface area contributed by atoms with Gasteiger partial charge in [0.25, 0.3) is 0 Å². The van der Waals surface area contributed by atoms with Crippen LogP contribution in [0.2, 0.25) is 3.12 Å². The van der Waals surface area contributed by atoms with E-state index < -0.39 is 18.3 Å². The van der Waals surface area contributed by atoms with E-state index in [4.69, 9.17) is 4.21 Å². The van der Waals surface area contributed by atoms with Gasteiger partial charge in [0.05, 0.1) is 0 Å². The van der Waals surface area contributed by atoms with Gasteiger partial charge < -0.3 is 0 Å². The zero-order valence-corrected chi connectivity index (χ0v) is 38.0. The van der Waals surface area contributed by atoms with Crippen molar-refractivity contribution in [3.63, 3.8) is 0 Å². The molecule has 0 nitrogen and oxygen atoms in total. The average molecular weight is 794 g/mol. The molecule has 0 bridgehead atoms. The van der Waals surface area contributed by atoms with Gasteiger partial charge in [-0.25, -0.2) is 0 Å². The van der Waals surface area contributed by atoms with Crippen molar-refractivity contribution >= 4 is 16.3 Å². The molecular weight excluding hydrogens is 728 g/mol. The molecule has 3 aromatic carbocycles. The second-order valence-corrected chi connectivity index (χ2v) is 34.6. The minimum atomic E-state index is -5.22. The summed E-state index contributed by atoms with van der Waals surface area (Å²) in [5, 5.41) is 0. The van der Waals surface area contributed by atoms with Crippen LogP contribution < -0.4 is 6.54 Å². The summed E-state index contributed by atoms with van der Waals surface area (Å²) < 4.78 is 10.6. The maximum atomic E-state index is 6.20. The van der Waals surface area contributed by atoms with E-state index in [1.54, 1.807) is 25.6 Å². The van der Waals surface area contributed by atoms with E-state index in [2.05, 4.69) is 186 Å². The number of allylic oxidation sites excluding steroid dienone is 10. The van der Waals surface area contributed by atoms with Crippen molar-refractivity contribution < 1.29 is 18.3 Å². The van der Waals surface area contributed by atoms with Gasteiger partial charge in [-0.1, -0.05) is 0 Å². The molecule has 0 N–H and O–H groups in total. The summed E-state index contributed by atoms with van der Waals surface area (Å²) in [7, 11) is 0. The van der Waals surface area contributed by atoms with Crippen LogP contribution in [0.5, 0.6) is 0 Å². The first kappa shape index (κ1) is 38.0. The molecule has 0 heterocycles. The van der Waals surface area contributed by atoms with E-state index in [9.17, 15) is 0 Å². The van der Waals surface area contributed by atoms with E-state index in [1.807, 2.05) is 0 Å². The molecule has 0 spiro atoms. The zero-order valence-electron chi connectivity index (χ0n) is 35.6.